The molecule has 122 valence electrons. The van der Waals surface area contributed by atoms with Gasteiger partial charge in [-0.3, -0.25) is 0 Å². The van der Waals surface area contributed by atoms with Crippen LogP contribution in [0.15, 0.2) is 18.2 Å². The van der Waals surface area contributed by atoms with E-state index in [-0.39, 0.29) is 25.1 Å². The number of hydrogen-bond acceptors (Lipinski definition) is 7. The third kappa shape index (κ3) is 7.59. The van der Waals surface area contributed by atoms with E-state index in [2.05, 4.69) is 0 Å². The SMILES string of the molecule is CCO.O=C([O-])c1cccc(C(=O)[O-])c1C(=O)[O-].[NH4+].[NH4+].[NH4+]. The maximum atomic E-state index is 10.6. The molecule has 10 nitrogen and oxygen atoms in total. The molecule has 21 heavy (non-hydrogen) atoms. The lowest BCUT2D eigenvalue weighted by Crippen LogP contribution is -2.34. The highest BCUT2D eigenvalue weighted by Crippen LogP contribution is 2.13. The Morgan fingerprint density at radius 3 is 1.38 bits per heavy atom. The van der Waals surface area contributed by atoms with Crippen molar-refractivity contribution in [3.63, 3.8) is 0 Å². The van der Waals surface area contributed by atoms with Crippen molar-refractivity contribution in [1.82, 2.24) is 18.5 Å². The molecule has 0 spiro atoms. The van der Waals surface area contributed by atoms with E-state index in [1.54, 1.807) is 6.92 Å². The summed E-state index contributed by atoms with van der Waals surface area (Å²) in [6.45, 7) is 1.93. The molecule has 0 heterocycles. The zero-order valence-electron chi connectivity index (χ0n) is 12.3. The number of rotatable bonds is 3. The van der Waals surface area contributed by atoms with Crippen LogP contribution in [-0.4, -0.2) is 29.6 Å². The van der Waals surface area contributed by atoms with Crippen molar-refractivity contribution in [2.45, 2.75) is 6.92 Å². The summed E-state index contributed by atoms with van der Waals surface area (Å²) in [6, 6.07) is 2.89. The molecule has 0 saturated carbocycles. The predicted molar refractivity (Wildman–Crippen MR) is 70.1 cm³/mol. The van der Waals surface area contributed by atoms with Crippen LogP contribution in [0.2, 0.25) is 0 Å². The number of carboxylic acid groups (broad SMARTS) is 3. The average Bonchev–Trinajstić information content (AvgIpc) is 2.28. The fourth-order valence-electron chi connectivity index (χ4n) is 1.11. The molecule has 1 aromatic rings. The van der Waals surface area contributed by atoms with E-state index in [0.29, 0.717) is 0 Å². The Morgan fingerprint density at radius 1 is 0.905 bits per heavy atom. The second-order valence-corrected chi connectivity index (χ2v) is 2.91. The van der Waals surface area contributed by atoms with E-state index in [9.17, 15) is 29.7 Å². The largest absolute Gasteiger partial charge is 0.545 e. The van der Waals surface area contributed by atoms with Gasteiger partial charge in [0, 0.05) is 23.3 Å². The van der Waals surface area contributed by atoms with Crippen LogP contribution < -0.4 is 33.8 Å². The van der Waals surface area contributed by atoms with Gasteiger partial charge in [0.05, 0.1) is 17.9 Å². The number of carbonyl (C=O) groups is 3. The molecule has 10 heteroatoms. The molecule has 0 saturated heterocycles. The summed E-state index contributed by atoms with van der Waals surface area (Å²) in [4.78, 5) is 31.5. The van der Waals surface area contributed by atoms with Crippen molar-refractivity contribution in [3.8, 4) is 0 Å². The topological polar surface area (TPSA) is 250 Å². The van der Waals surface area contributed by atoms with Crippen LogP contribution in [0, 0.1) is 0 Å². The highest BCUT2D eigenvalue weighted by Gasteiger charge is 2.10. The smallest absolute Gasteiger partial charge is 0.0728 e. The molecule has 0 aliphatic rings. The van der Waals surface area contributed by atoms with Gasteiger partial charge in [-0.2, -0.15) is 0 Å². The number of carbonyl (C=O) groups excluding carboxylic acids is 3. The van der Waals surface area contributed by atoms with Crippen LogP contribution in [0.3, 0.4) is 0 Å². The molecule has 1 aromatic carbocycles. The van der Waals surface area contributed by atoms with Crippen molar-refractivity contribution < 1.29 is 34.8 Å². The van der Waals surface area contributed by atoms with Gasteiger partial charge in [-0.25, -0.2) is 0 Å². The van der Waals surface area contributed by atoms with Crippen LogP contribution in [0.4, 0.5) is 0 Å². The Labute approximate surface area is 120 Å². The lowest BCUT2D eigenvalue weighted by Gasteiger charge is -2.16. The maximum Gasteiger partial charge on any atom is 0.0728 e. The number of aromatic carboxylic acids is 3. The fourth-order valence-corrected chi connectivity index (χ4v) is 1.11. The average molecular weight is 307 g/mol. The first-order valence-corrected chi connectivity index (χ1v) is 4.74. The summed E-state index contributed by atoms with van der Waals surface area (Å²) < 4.78 is 0. The van der Waals surface area contributed by atoms with E-state index < -0.39 is 34.6 Å². The summed E-state index contributed by atoms with van der Waals surface area (Å²) in [7, 11) is 0. The molecule has 0 aliphatic carbocycles. The highest BCUT2D eigenvalue weighted by atomic mass is 16.4. The molecule has 0 radical (unpaired) electrons. The number of carboxylic acids is 3. The normalized spacial score (nSPS) is 7.71. The molecule has 13 N–H and O–H groups in total. The number of aliphatic hydroxyl groups is 1. The Balaban J connectivity index is -0.000000222. The van der Waals surface area contributed by atoms with Gasteiger partial charge in [0.25, 0.3) is 0 Å². The summed E-state index contributed by atoms with van der Waals surface area (Å²) in [5, 5.41) is 39.1. The van der Waals surface area contributed by atoms with E-state index in [1.807, 2.05) is 0 Å². The molecule has 0 aliphatic heterocycles. The Kier molecular flexibility index (Phi) is 16.0. The lowest BCUT2D eigenvalue weighted by atomic mass is 10.0. The first-order valence-electron chi connectivity index (χ1n) is 4.74. The van der Waals surface area contributed by atoms with Crippen LogP contribution >= 0.6 is 0 Å². The van der Waals surface area contributed by atoms with E-state index in [0.717, 1.165) is 18.2 Å². The third-order valence-corrected chi connectivity index (χ3v) is 1.71. The van der Waals surface area contributed by atoms with E-state index >= 15 is 0 Å². The fraction of sp³-hybridized carbons (Fsp3) is 0.182. The quantitative estimate of drug-likeness (QED) is 0.483. The summed E-state index contributed by atoms with van der Waals surface area (Å²) in [6.07, 6.45) is 0. The maximum absolute atomic E-state index is 10.6. The first kappa shape index (κ1) is 26.9. The molecular formula is C11H21N3O7. The Bertz CT molecular complexity index is 445. The van der Waals surface area contributed by atoms with Crippen molar-refractivity contribution in [2.24, 2.45) is 0 Å². The number of hydrogen-bond donors (Lipinski definition) is 4. The second kappa shape index (κ2) is 12.5. The van der Waals surface area contributed by atoms with Crippen LogP contribution in [0.5, 0.6) is 0 Å². The second-order valence-electron chi connectivity index (χ2n) is 2.91. The van der Waals surface area contributed by atoms with Gasteiger partial charge in [0.2, 0.25) is 0 Å². The Hall–Kier alpha value is -2.53. The van der Waals surface area contributed by atoms with Crippen molar-refractivity contribution >= 4 is 17.9 Å². The van der Waals surface area contributed by atoms with Gasteiger partial charge in [-0.1, -0.05) is 18.2 Å². The minimum atomic E-state index is -1.91. The predicted octanol–water partition coefficient (Wildman–Crippen LogP) is -2.10. The molecule has 0 fully saturated rings. The summed E-state index contributed by atoms with van der Waals surface area (Å²) >= 11 is 0. The molecule has 0 amide bonds. The van der Waals surface area contributed by atoms with Gasteiger partial charge >= 0.3 is 0 Å². The zero-order chi connectivity index (χ0) is 14.3. The summed E-state index contributed by atoms with van der Waals surface area (Å²) in [5.74, 6) is -5.50. The minimum absolute atomic E-state index is 0. The van der Waals surface area contributed by atoms with Gasteiger partial charge in [0.1, 0.15) is 0 Å². The van der Waals surface area contributed by atoms with Crippen molar-refractivity contribution in [2.75, 3.05) is 6.61 Å². The summed E-state index contributed by atoms with van der Waals surface area (Å²) in [5.41, 5.74) is -2.45. The van der Waals surface area contributed by atoms with Crippen LogP contribution in [0.25, 0.3) is 0 Å². The lowest BCUT2D eigenvalue weighted by molar-refractivity contribution is -0.261. The molecule has 1 rings (SSSR count). The van der Waals surface area contributed by atoms with Gasteiger partial charge in [-0.15, -0.1) is 0 Å². The van der Waals surface area contributed by atoms with E-state index in [4.69, 9.17) is 5.11 Å². The van der Waals surface area contributed by atoms with Gasteiger partial charge in [0.15, 0.2) is 0 Å². The number of quaternary nitrogens is 3. The zero-order valence-corrected chi connectivity index (χ0v) is 12.3. The standard InChI is InChI=1S/C9H6O6.C2H6O.3H3N/c10-7(11)4-2-1-3-5(8(12)13)6(4)9(14)15;1-2-3;;;/h1-3H,(H,10,11)(H,12,13)(H,14,15);3H,2H2,1H3;3*1H3. The number of aliphatic hydroxyl groups excluding tert-OH is 1. The van der Waals surface area contributed by atoms with Gasteiger partial charge < -0.3 is 53.3 Å². The monoisotopic (exact) mass is 307 g/mol. The highest BCUT2D eigenvalue weighted by molar-refractivity contribution is 6.07. The third-order valence-electron chi connectivity index (χ3n) is 1.71. The van der Waals surface area contributed by atoms with E-state index in [1.165, 1.54) is 0 Å². The molecule has 0 unspecified atom stereocenters. The Morgan fingerprint density at radius 2 is 1.19 bits per heavy atom. The molecular weight excluding hydrogens is 286 g/mol. The molecule has 0 bridgehead atoms. The molecule has 0 aromatic heterocycles. The van der Waals surface area contributed by atoms with Gasteiger partial charge in [-0.05, 0) is 6.92 Å². The van der Waals surface area contributed by atoms with Crippen LogP contribution in [0.1, 0.15) is 38.0 Å². The van der Waals surface area contributed by atoms with Crippen LogP contribution in [-0.2, 0) is 0 Å². The first-order chi connectivity index (χ1) is 8.36. The van der Waals surface area contributed by atoms with Crippen molar-refractivity contribution in [3.05, 3.63) is 34.9 Å². The minimum Gasteiger partial charge on any atom is -0.545 e. The van der Waals surface area contributed by atoms with Crippen molar-refractivity contribution in [1.29, 1.82) is 0 Å². The molecule has 0 atom stereocenters. The number of benzene rings is 1.